The van der Waals surface area contributed by atoms with E-state index >= 15 is 0 Å². The van der Waals surface area contributed by atoms with E-state index in [1.165, 1.54) is 5.57 Å². The molecule has 3 N–H and O–H groups in total. The van der Waals surface area contributed by atoms with Crippen molar-refractivity contribution in [1.29, 1.82) is 0 Å². The van der Waals surface area contributed by atoms with Gasteiger partial charge in [0.25, 0.3) is 0 Å². The summed E-state index contributed by atoms with van der Waals surface area (Å²) >= 11 is 0. The van der Waals surface area contributed by atoms with E-state index in [1.54, 1.807) is 19.9 Å². The van der Waals surface area contributed by atoms with E-state index in [2.05, 4.69) is 13.0 Å². The highest BCUT2D eigenvalue weighted by Crippen LogP contribution is 2.68. The van der Waals surface area contributed by atoms with Crippen LogP contribution in [0.25, 0.3) is 0 Å². The zero-order valence-corrected chi connectivity index (χ0v) is 19.7. The monoisotopic (exact) mass is 432 g/mol. The molecule has 0 amide bonds. The fourth-order valence-electron chi connectivity index (χ4n) is 7.88. The number of aliphatic hydroxyl groups is 3. The van der Waals surface area contributed by atoms with E-state index in [-0.39, 0.29) is 35.2 Å². The number of esters is 1. The van der Waals surface area contributed by atoms with Crippen LogP contribution in [0.2, 0.25) is 0 Å². The number of aliphatic hydroxyl groups excluding tert-OH is 2. The van der Waals surface area contributed by atoms with E-state index in [0.29, 0.717) is 24.8 Å². The lowest BCUT2D eigenvalue weighted by Crippen LogP contribution is -2.67. The molecule has 0 bridgehead atoms. The Bertz CT molecular complexity index is 800. The fourth-order valence-corrected chi connectivity index (χ4v) is 7.88. The Kier molecular flexibility index (Phi) is 5.72. The lowest BCUT2D eigenvalue weighted by molar-refractivity contribution is -0.239. The number of hydrogen-bond donors (Lipinski definition) is 3. The number of allylic oxidation sites excluding steroid dienone is 2. The largest absolute Gasteiger partial charge is 0.458 e. The average Bonchev–Trinajstić information content (AvgIpc) is 3.01. The third-order valence-corrected chi connectivity index (χ3v) is 9.98. The molecule has 0 radical (unpaired) electrons. The Morgan fingerprint density at radius 1 is 1.26 bits per heavy atom. The normalized spacial score (nSPS) is 48.2. The van der Waals surface area contributed by atoms with Crippen LogP contribution in [0.5, 0.6) is 0 Å². The second-order valence-corrected chi connectivity index (χ2v) is 11.2. The van der Waals surface area contributed by atoms with E-state index < -0.39 is 23.2 Å². The first-order chi connectivity index (χ1) is 14.5. The molecule has 0 saturated heterocycles. The number of hydrogen-bond acceptors (Lipinski definition) is 5. The standard InChI is InChI=1S/C26H40O5/c1-6-15(2)23(29)31-22-14-21-20(8-7-17-13-18(28)9-11-24(17,21)4)26(30)12-10-19(16(3)27)25(22,26)5/h6-7,16,18-22,27-28,30H,8-14H2,1-5H3. The van der Waals surface area contributed by atoms with E-state index in [1.807, 2.05) is 13.8 Å². The molecular formula is C26H40O5. The predicted molar refractivity (Wildman–Crippen MR) is 119 cm³/mol. The topological polar surface area (TPSA) is 87.0 Å². The van der Waals surface area contributed by atoms with Crippen LogP contribution >= 0.6 is 0 Å². The first kappa shape index (κ1) is 23.0. The summed E-state index contributed by atoms with van der Waals surface area (Å²) in [6.07, 6.45) is 7.92. The second kappa shape index (κ2) is 7.71. The van der Waals surface area contributed by atoms with Gasteiger partial charge < -0.3 is 20.1 Å². The van der Waals surface area contributed by atoms with Gasteiger partial charge in [-0.1, -0.05) is 31.6 Å². The highest BCUT2D eigenvalue weighted by Gasteiger charge is 2.71. The van der Waals surface area contributed by atoms with Gasteiger partial charge in [-0.05, 0) is 88.9 Å². The van der Waals surface area contributed by atoms with Gasteiger partial charge in [-0.25, -0.2) is 4.79 Å². The minimum absolute atomic E-state index is 0.0722. The fraction of sp³-hybridized carbons (Fsp3) is 0.808. The summed E-state index contributed by atoms with van der Waals surface area (Å²) in [5.74, 6) is -0.187. The molecule has 31 heavy (non-hydrogen) atoms. The number of fused-ring (bicyclic) bond motifs is 5. The number of carbonyl (C=O) groups is 1. The van der Waals surface area contributed by atoms with Gasteiger partial charge in [-0.2, -0.15) is 0 Å². The van der Waals surface area contributed by atoms with Gasteiger partial charge in [0.05, 0.1) is 17.8 Å². The molecule has 0 aromatic heterocycles. The van der Waals surface area contributed by atoms with Crippen molar-refractivity contribution in [3.05, 3.63) is 23.3 Å². The molecule has 0 aromatic carbocycles. The molecule has 9 atom stereocenters. The molecule has 0 aliphatic heterocycles. The first-order valence-corrected chi connectivity index (χ1v) is 12.1. The van der Waals surface area contributed by atoms with Gasteiger partial charge in [0.1, 0.15) is 6.10 Å². The van der Waals surface area contributed by atoms with Gasteiger partial charge in [0.2, 0.25) is 0 Å². The number of rotatable bonds is 3. The minimum atomic E-state index is -0.993. The highest BCUT2D eigenvalue weighted by molar-refractivity contribution is 5.87. The van der Waals surface area contributed by atoms with Crippen LogP contribution in [0.1, 0.15) is 79.6 Å². The summed E-state index contributed by atoms with van der Waals surface area (Å²) in [4.78, 5) is 12.8. The van der Waals surface area contributed by atoms with Crippen molar-refractivity contribution in [2.24, 2.45) is 28.6 Å². The Hall–Kier alpha value is -1.17. The van der Waals surface area contributed by atoms with Gasteiger partial charge in [-0.15, -0.1) is 0 Å². The van der Waals surface area contributed by atoms with Crippen LogP contribution in [0, 0.1) is 28.6 Å². The van der Waals surface area contributed by atoms with E-state index in [9.17, 15) is 20.1 Å². The third-order valence-electron chi connectivity index (χ3n) is 9.98. The van der Waals surface area contributed by atoms with Crippen molar-refractivity contribution < 1.29 is 24.9 Å². The SMILES string of the molecule is CC=C(C)C(=O)OC1CC2C(CC=C3CC(O)CCC32C)C2(O)CCC(C(C)O)C12C. The third kappa shape index (κ3) is 3.18. The van der Waals surface area contributed by atoms with E-state index in [0.717, 1.165) is 25.7 Å². The van der Waals surface area contributed by atoms with E-state index in [4.69, 9.17) is 4.74 Å². The van der Waals surface area contributed by atoms with Crippen LogP contribution in [-0.2, 0) is 9.53 Å². The van der Waals surface area contributed by atoms with Gasteiger partial charge in [0.15, 0.2) is 0 Å². The molecule has 174 valence electrons. The molecule has 5 heteroatoms. The quantitative estimate of drug-likeness (QED) is 0.358. The average molecular weight is 433 g/mol. The lowest BCUT2D eigenvalue weighted by atomic mass is 9.44. The van der Waals surface area contributed by atoms with Crippen LogP contribution < -0.4 is 0 Å². The van der Waals surface area contributed by atoms with Gasteiger partial charge in [-0.3, -0.25) is 0 Å². The summed E-state index contributed by atoms with van der Waals surface area (Å²) < 4.78 is 6.15. The molecule has 3 saturated carbocycles. The predicted octanol–water partition coefficient (Wildman–Crippen LogP) is 3.91. The van der Waals surface area contributed by atoms with Crippen LogP contribution in [0.15, 0.2) is 23.3 Å². The Labute approximate surface area is 186 Å². The van der Waals surface area contributed by atoms with Crippen molar-refractivity contribution in [1.82, 2.24) is 0 Å². The van der Waals surface area contributed by atoms with Crippen molar-refractivity contribution in [2.75, 3.05) is 0 Å². The summed E-state index contributed by atoms with van der Waals surface area (Å²) in [5.41, 5.74) is 0.0918. The lowest BCUT2D eigenvalue weighted by Gasteiger charge is -2.63. The molecule has 9 unspecified atom stereocenters. The Balaban J connectivity index is 1.79. The first-order valence-electron chi connectivity index (χ1n) is 12.1. The molecule has 5 nitrogen and oxygen atoms in total. The van der Waals surface area contributed by atoms with Crippen LogP contribution in [0.3, 0.4) is 0 Å². The Morgan fingerprint density at radius 2 is 1.97 bits per heavy atom. The van der Waals surface area contributed by atoms with Crippen LogP contribution in [0.4, 0.5) is 0 Å². The zero-order chi connectivity index (χ0) is 22.8. The molecule has 4 rings (SSSR count). The maximum Gasteiger partial charge on any atom is 0.333 e. The molecular weight excluding hydrogens is 392 g/mol. The van der Waals surface area contributed by atoms with Gasteiger partial charge in [0, 0.05) is 11.0 Å². The van der Waals surface area contributed by atoms with Crippen molar-refractivity contribution in [3.8, 4) is 0 Å². The molecule has 3 fully saturated rings. The summed E-state index contributed by atoms with van der Waals surface area (Å²) in [5, 5.41) is 33.2. The molecule has 0 heterocycles. The minimum Gasteiger partial charge on any atom is -0.458 e. The zero-order valence-electron chi connectivity index (χ0n) is 19.7. The smallest absolute Gasteiger partial charge is 0.333 e. The highest BCUT2D eigenvalue weighted by atomic mass is 16.5. The summed E-state index contributed by atoms with van der Waals surface area (Å²) in [7, 11) is 0. The maximum absolute atomic E-state index is 12.8. The summed E-state index contributed by atoms with van der Waals surface area (Å²) in [6.45, 7) is 9.71. The van der Waals surface area contributed by atoms with Gasteiger partial charge >= 0.3 is 5.97 Å². The van der Waals surface area contributed by atoms with Crippen LogP contribution in [-0.4, -0.2) is 45.2 Å². The molecule has 0 aromatic rings. The number of carbonyl (C=O) groups excluding carboxylic acids is 1. The molecule has 4 aliphatic rings. The van der Waals surface area contributed by atoms with Crippen molar-refractivity contribution >= 4 is 5.97 Å². The number of ether oxygens (including phenoxy) is 1. The Morgan fingerprint density at radius 3 is 2.61 bits per heavy atom. The molecule has 0 spiro atoms. The maximum atomic E-state index is 12.8. The summed E-state index contributed by atoms with van der Waals surface area (Å²) in [6, 6.07) is 0. The molecule has 4 aliphatic carbocycles. The van der Waals surface area contributed by atoms with Crippen molar-refractivity contribution in [2.45, 2.75) is 103 Å². The second-order valence-electron chi connectivity index (χ2n) is 11.2. The van der Waals surface area contributed by atoms with Crippen molar-refractivity contribution in [3.63, 3.8) is 0 Å².